The van der Waals surface area contributed by atoms with E-state index in [0.717, 1.165) is 12.1 Å². The number of benzene rings is 2. The van der Waals surface area contributed by atoms with Crippen LogP contribution in [0.5, 0.6) is 0 Å². The number of carbonyl (C=O) groups excluding carboxylic acids is 1. The van der Waals surface area contributed by atoms with Crippen LogP contribution in [0.2, 0.25) is 0 Å². The van der Waals surface area contributed by atoms with E-state index in [4.69, 9.17) is 11.0 Å². The first kappa shape index (κ1) is 13.5. The summed E-state index contributed by atoms with van der Waals surface area (Å²) in [6.07, 6.45) is 0. The van der Waals surface area contributed by atoms with Crippen molar-refractivity contribution in [1.29, 1.82) is 5.26 Å². The molecule has 0 aliphatic carbocycles. The van der Waals surface area contributed by atoms with Crippen LogP contribution in [0.15, 0.2) is 36.4 Å². The highest BCUT2D eigenvalue weighted by atomic mass is 19.1. The van der Waals surface area contributed by atoms with Crippen LogP contribution in [-0.2, 0) is 0 Å². The number of nitriles is 1. The highest BCUT2D eigenvalue weighted by Gasteiger charge is 2.15. The molecule has 1 amide bonds. The molecule has 4 nitrogen and oxygen atoms in total. The maximum atomic E-state index is 13.4. The molecule has 2 aromatic carbocycles. The molecule has 0 bridgehead atoms. The number of halogens is 2. The van der Waals surface area contributed by atoms with Crippen molar-refractivity contribution in [2.45, 2.75) is 0 Å². The minimum Gasteiger partial charge on any atom is -0.396 e. The van der Waals surface area contributed by atoms with E-state index in [1.165, 1.54) is 24.3 Å². The molecule has 2 rings (SSSR count). The number of rotatable bonds is 2. The van der Waals surface area contributed by atoms with Crippen LogP contribution < -0.4 is 11.1 Å². The van der Waals surface area contributed by atoms with Crippen LogP contribution >= 0.6 is 0 Å². The third kappa shape index (κ3) is 2.42. The molecular weight excluding hydrogens is 264 g/mol. The topological polar surface area (TPSA) is 78.9 Å². The zero-order valence-electron chi connectivity index (χ0n) is 10.2. The number of para-hydroxylation sites is 1. The van der Waals surface area contributed by atoms with Crippen molar-refractivity contribution < 1.29 is 13.6 Å². The van der Waals surface area contributed by atoms with Crippen molar-refractivity contribution >= 4 is 17.3 Å². The summed E-state index contributed by atoms with van der Waals surface area (Å²) in [5.74, 6) is -2.20. The maximum absolute atomic E-state index is 13.4. The Bertz CT molecular complexity index is 723. The number of carbonyl (C=O) groups is 1. The number of nitrogens with two attached hydrogens (primary N) is 1. The molecule has 6 heteroatoms. The van der Waals surface area contributed by atoms with Gasteiger partial charge in [-0.25, -0.2) is 8.78 Å². The van der Waals surface area contributed by atoms with Gasteiger partial charge in [0.05, 0.1) is 16.9 Å². The number of nitrogens with zero attached hydrogens (tertiary/aromatic N) is 1. The SMILES string of the molecule is N#Cc1c(F)cccc1NC(=O)c1cccc(F)c1N. The molecule has 2 aromatic rings. The van der Waals surface area contributed by atoms with E-state index in [-0.39, 0.29) is 22.5 Å². The number of nitrogens with one attached hydrogen (secondary N) is 1. The lowest BCUT2D eigenvalue weighted by molar-refractivity contribution is 0.102. The third-order valence-electron chi connectivity index (χ3n) is 2.67. The van der Waals surface area contributed by atoms with Crippen LogP contribution in [0, 0.1) is 23.0 Å². The number of anilines is 2. The first-order chi connectivity index (χ1) is 9.54. The predicted octanol–water partition coefficient (Wildman–Crippen LogP) is 2.67. The summed E-state index contributed by atoms with van der Waals surface area (Å²) in [5, 5.41) is 11.2. The molecule has 0 atom stereocenters. The fourth-order valence-corrected chi connectivity index (χ4v) is 1.67. The minimum atomic E-state index is -0.752. The van der Waals surface area contributed by atoms with Gasteiger partial charge in [0.2, 0.25) is 0 Å². The predicted molar refractivity (Wildman–Crippen MR) is 69.9 cm³/mol. The lowest BCUT2D eigenvalue weighted by Crippen LogP contribution is -2.15. The van der Waals surface area contributed by atoms with Crippen molar-refractivity contribution in [2.75, 3.05) is 11.1 Å². The first-order valence-electron chi connectivity index (χ1n) is 5.58. The van der Waals surface area contributed by atoms with Gasteiger partial charge >= 0.3 is 0 Å². The lowest BCUT2D eigenvalue weighted by atomic mass is 10.1. The molecule has 100 valence electrons. The molecule has 0 aliphatic rings. The van der Waals surface area contributed by atoms with Crippen LogP contribution in [-0.4, -0.2) is 5.91 Å². The normalized spacial score (nSPS) is 9.85. The lowest BCUT2D eigenvalue weighted by Gasteiger charge is -2.09. The Morgan fingerprint density at radius 3 is 2.50 bits per heavy atom. The smallest absolute Gasteiger partial charge is 0.257 e. The maximum Gasteiger partial charge on any atom is 0.257 e. The Balaban J connectivity index is 2.36. The summed E-state index contributed by atoms with van der Waals surface area (Å²) in [6, 6.07) is 9.25. The van der Waals surface area contributed by atoms with Crippen LogP contribution in [0.3, 0.4) is 0 Å². The van der Waals surface area contributed by atoms with Crippen molar-refractivity contribution in [3.8, 4) is 6.07 Å². The molecule has 0 saturated carbocycles. The van der Waals surface area contributed by atoms with E-state index in [0.29, 0.717) is 0 Å². The summed E-state index contributed by atoms with van der Waals surface area (Å²) in [7, 11) is 0. The number of hydrogen-bond acceptors (Lipinski definition) is 3. The Morgan fingerprint density at radius 2 is 1.80 bits per heavy atom. The second kappa shape index (κ2) is 5.36. The standard InChI is InChI=1S/C14H9F2N3O/c15-10-4-2-6-12(9(10)7-17)19-14(20)8-3-1-5-11(16)13(8)18/h1-6H,18H2,(H,19,20). The third-order valence-corrected chi connectivity index (χ3v) is 2.67. The van der Waals surface area contributed by atoms with E-state index < -0.39 is 17.5 Å². The second-order valence-corrected chi connectivity index (χ2v) is 3.93. The number of nitrogen functional groups attached to an aromatic ring is 1. The van der Waals surface area contributed by atoms with Crippen molar-refractivity contribution in [3.63, 3.8) is 0 Å². The summed E-state index contributed by atoms with van der Waals surface area (Å²) >= 11 is 0. The van der Waals surface area contributed by atoms with Gasteiger partial charge in [0.1, 0.15) is 23.3 Å². The molecule has 3 N–H and O–H groups in total. The molecule has 0 unspecified atom stereocenters. The Labute approximate surface area is 113 Å². The molecule has 0 aromatic heterocycles. The summed E-state index contributed by atoms with van der Waals surface area (Å²) in [4.78, 5) is 12.0. The van der Waals surface area contributed by atoms with E-state index in [2.05, 4.69) is 5.32 Å². The summed E-state index contributed by atoms with van der Waals surface area (Å²) in [6.45, 7) is 0. The number of amides is 1. The molecule has 20 heavy (non-hydrogen) atoms. The highest BCUT2D eigenvalue weighted by Crippen LogP contribution is 2.21. The highest BCUT2D eigenvalue weighted by molar-refractivity contribution is 6.08. The van der Waals surface area contributed by atoms with Crippen molar-refractivity contribution in [1.82, 2.24) is 0 Å². The monoisotopic (exact) mass is 273 g/mol. The fraction of sp³-hybridized carbons (Fsp3) is 0. The summed E-state index contributed by atoms with van der Waals surface area (Å²) in [5.41, 5.74) is 4.78. The van der Waals surface area contributed by atoms with Gasteiger partial charge in [0.15, 0.2) is 0 Å². The zero-order valence-corrected chi connectivity index (χ0v) is 10.2. The van der Waals surface area contributed by atoms with Gasteiger partial charge in [0.25, 0.3) is 5.91 Å². The molecule has 0 aliphatic heterocycles. The van der Waals surface area contributed by atoms with Crippen molar-refractivity contribution in [3.05, 3.63) is 59.2 Å². The molecule has 0 fully saturated rings. The van der Waals surface area contributed by atoms with Gasteiger partial charge in [0, 0.05) is 0 Å². The van der Waals surface area contributed by atoms with Gasteiger partial charge in [-0.3, -0.25) is 4.79 Å². The molecule has 0 heterocycles. The van der Waals surface area contributed by atoms with Gasteiger partial charge in [-0.05, 0) is 24.3 Å². The first-order valence-corrected chi connectivity index (χ1v) is 5.58. The Hall–Kier alpha value is -2.94. The van der Waals surface area contributed by atoms with Crippen LogP contribution in [0.25, 0.3) is 0 Å². The van der Waals surface area contributed by atoms with E-state index in [1.54, 1.807) is 6.07 Å². The van der Waals surface area contributed by atoms with Crippen molar-refractivity contribution in [2.24, 2.45) is 0 Å². The van der Waals surface area contributed by atoms with E-state index in [9.17, 15) is 13.6 Å². The van der Waals surface area contributed by atoms with E-state index >= 15 is 0 Å². The average molecular weight is 273 g/mol. The second-order valence-electron chi connectivity index (χ2n) is 3.93. The molecule has 0 spiro atoms. The van der Waals surface area contributed by atoms with Gasteiger partial charge in [-0.15, -0.1) is 0 Å². The Kier molecular flexibility index (Phi) is 3.62. The van der Waals surface area contributed by atoms with Gasteiger partial charge in [-0.2, -0.15) is 5.26 Å². The minimum absolute atomic E-state index is 0.00108. The van der Waals surface area contributed by atoms with Crippen LogP contribution in [0.4, 0.5) is 20.2 Å². The quantitative estimate of drug-likeness (QED) is 0.825. The van der Waals surface area contributed by atoms with Crippen LogP contribution in [0.1, 0.15) is 15.9 Å². The Morgan fingerprint density at radius 1 is 1.15 bits per heavy atom. The zero-order chi connectivity index (χ0) is 14.7. The average Bonchev–Trinajstić information content (AvgIpc) is 2.42. The van der Waals surface area contributed by atoms with Gasteiger partial charge in [-0.1, -0.05) is 12.1 Å². The van der Waals surface area contributed by atoms with E-state index in [1.807, 2.05) is 0 Å². The van der Waals surface area contributed by atoms with Gasteiger partial charge < -0.3 is 11.1 Å². The fourth-order valence-electron chi connectivity index (χ4n) is 1.67. The molecule has 0 saturated heterocycles. The largest absolute Gasteiger partial charge is 0.396 e. The molecule has 0 radical (unpaired) electrons. The number of hydrogen-bond donors (Lipinski definition) is 2. The molecular formula is C14H9F2N3O. The summed E-state index contributed by atoms with van der Waals surface area (Å²) < 4.78 is 26.7.